The standard InChI is InChI=1S/C14H18N4O/c1-9(2)12-8-13(18-17-12)16-14(19)7-10-5-3-4-6-11(10)15/h3-6,8-9H,7,15H2,1-2H3,(H2,16,17,18,19). The summed E-state index contributed by atoms with van der Waals surface area (Å²) in [6, 6.07) is 9.19. The number of hydrogen-bond donors (Lipinski definition) is 3. The maximum Gasteiger partial charge on any atom is 0.230 e. The SMILES string of the molecule is CC(C)c1cc(NC(=O)Cc2ccccc2N)n[nH]1. The quantitative estimate of drug-likeness (QED) is 0.736. The number of hydrogen-bond acceptors (Lipinski definition) is 3. The molecule has 0 aliphatic rings. The van der Waals surface area contributed by atoms with Crippen LogP contribution in [0.15, 0.2) is 30.3 Å². The fraction of sp³-hybridized carbons (Fsp3) is 0.286. The third-order valence-corrected chi connectivity index (χ3v) is 2.89. The Bertz CT molecular complexity index is 574. The van der Waals surface area contributed by atoms with Crippen LogP contribution < -0.4 is 11.1 Å². The van der Waals surface area contributed by atoms with Gasteiger partial charge >= 0.3 is 0 Å². The summed E-state index contributed by atoms with van der Waals surface area (Å²) in [6.45, 7) is 4.12. The summed E-state index contributed by atoms with van der Waals surface area (Å²) in [5, 5.41) is 9.71. The lowest BCUT2D eigenvalue weighted by atomic mass is 10.1. The van der Waals surface area contributed by atoms with Crippen molar-refractivity contribution in [2.45, 2.75) is 26.2 Å². The molecule has 0 bridgehead atoms. The molecule has 0 aliphatic heterocycles. The summed E-state index contributed by atoms with van der Waals surface area (Å²) in [4.78, 5) is 11.9. The molecule has 0 spiro atoms. The van der Waals surface area contributed by atoms with E-state index in [-0.39, 0.29) is 12.3 Å². The van der Waals surface area contributed by atoms with Crippen LogP contribution in [0.5, 0.6) is 0 Å². The van der Waals surface area contributed by atoms with Crippen molar-refractivity contribution in [2.75, 3.05) is 11.1 Å². The third kappa shape index (κ3) is 3.34. The second-order valence-corrected chi connectivity index (χ2v) is 4.79. The van der Waals surface area contributed by atoms with Crippen molar-refractivity contribution >= 4 is 17.4 Å². The number of nitrogens with two attached hydrogens (primary N) is 1. The largest absolute Gasteiger partial charge is 0.398 e. The van der Waals surface area contributed by atoms with Gasteiger partial charge in [0, 0.05) is 17.4 Å². The van der Waals surface area contributed by atoms with Crippen molar-refractivity contribution in [1.29, 1.82) is 0 Å². The highest BCUT2D eigenvalue weighted by atomic mass is 16.1. The van der Waals surface area contributed by atoms with E-state index in [0.29, 0.717) is 17.4 Å². The Kier molecular flexibility index (Phi) is 3.85. The van der Waals surface area contributed by atoms with E-state index in [1.165, 1.54) is 0 Å². The van der Waals surface area contributed by atoms with Crippen LogP contribution in [-0.4, -0.2) is 16.1 Å². The van der Waals surface area contributed by atoms with E-state index in [1.54, 1.807) is 6.07 Å². The zero-order valence-corrected chi connectivity index (χ0v) is 11.1. The van der Waals surface area contributed by atoms with Gasteiger partial charge in [0.15, 0.2) is 5.82 Å². The van der Waals surface area contributed by atoms with Gasteiger partial charge in [-0.3, -0.25) is 9.89 Å². The number of carbonyl (C=O) groups is 1. The highest BCUT2D eigenvalue weighted by Crippen LogP contribution is 2.16. The van der Waals surface area contributed by atoms with Crippen molar-refractivity contribution in [3.05, 3.63) is 41.6 Å². The van der Waals surface area contributed by atoms with Crippen molar-refractivity contribution in [3.8, 4) is 0 Å². The first kappa shape index (κ1) is 13.1. The van der Waals surface area contributed by atoms with Gasteiger partial charge in [0.25, 0.3) is 0 Å². The average molecular weight is 258 g/mol. The highest BCUT2D eigenvalue weighted by Gasteiger charge is 2.09. The van der Waals surface area contributed by atoms with Crippen LogP contribution in [0.2, 0.25) is 0 Å². The number of nitrogens with one attached hydrogen (secondary N) is 2. The summed E-state index contributed by atoms with van der Waals surface area (Å²) >= 11 is 0. The molecule has 2 aromatic rings. The molecule has 0 saturated carbocycles. The molecular formula is C14H18N4O. The van der Waals surface area contributed by atoms with Gasteiger partial charge in [-0.25, -0.2) is 0 Å². The number of aromatic amines is 1. The lowest BCUT2D eigenvalue weighted by molar-refractivity contribution is -0.115. The number of H-pyrrole nitrogens is 1. The Morgan fingerprint density at radius 3 is 2.79 bits per heavy atom. The van der Waals surface area contributed by atoms with Gasteiger partial charge in [0.2, 0.25) is 5.91 Å². The Hall–Kier alpha value is -2.30. The lowest BCUT2D eigenvalue weighted by Crippen LogP contribution is -2.15. The monoisotopic (exact) mass is 258 g/mol. The summed E-state index contributed by atoms with van der Waals surface area (Å²) in [7, 11) is 0. The van der Waals surface area contributed by atoms with Crippen LogP contribution in [0, 0.1) is 0 Å². The molecule has 0 fully saturated rings. The molecule has 1 heterocycles. The molecule has 0 atom stereocenters. The molecule has 1 aromatic carbocycles. The Balaban J connectivity index is 1.99. The first-order valence-corrected chi connectivity index (χ1v) is 6.25. The van der Waals surface area contributed by atoms with E-state index in [0.717, 1.165) is 11.3 Å². The molecule has 0 unspecified atom stereocenters. The molecule has 0 radical (unpaired) electrons. The first-order chi connectivity index (χ1) is 9.06. The van der Waals surface area contributed by atoms with E-state index in [1.807, 2.05) is 24.3 Å². The molecule has 1 amide bonds. The molecule has 100 valence electrons. The minimum atomic E-state index is -0.125. The van der Waals surface area contributed by atoms with E-state index >= 15 is 0 Å². The van der Waals surface area contributed by atoms with Gasteiger partial charge < -0.3 is 11.1 Å². The zero-order valence-electron chi connectivity index (χ0n) is 11.1. The molecule has 0 saturated heterocycles. The van der Waals surface area contributed by atoms with Crippen LogP contribution in [0.3, 0.4) is 0 Å². The second-order valence-electron chi connectivity index (χ2n) is 4.79. The maximum absolute atomic E-state index is 11.9. The number of anilines is 2. The zero-order chi connectivity index (χ0) is 13.8. The highest BCUT2D eigenvalue weighted by molar-refractivity contribution is 5.92. The minimum absolute atomic E-state index is 0.125. The summed E-state index contributed by atoms with van der Waals surface area (Å²) in [6.07, 6.45) is 0.247. The molecule has 2 rings (SSSR count). The number of para-hydroxylation sites is 1. The van der Waals surface area contributed by atoms with Gasteiger partial charge in [-0.05, 0) is 17.5 Å². The third-order valence-electron chi connectivity index (χ3n) is 2.89. The van der Waals surface area contributed by atoms with Gasteiger partial charge in [-0.1, -0.05) is 32.0 Å². The fourth-order valence-electron chi connectivity index (χ4n) is 1.75. The molecule has 4 N–H and O–H groups in total. The number of benzene rings is 1. The molecular weight excluding hydrogens is 240 g/mol. The molecule has 1 aromatic heterocycles. The van der Waals surface area contributed by atoms with Crippen molar-refractivity contribution < 1.29 is 4.79 Å². The van der Waals surface area contributed by atoms with E-state index in [9.17, 15) is 4.79 Å². The number of carbonyl (C=O) groups excluding carboxylic acids is 1. The number of nitrogens with zero attached hydrogens (tertiary/aromatic N) is 1. The summed E-state index contributed by atoms with van der Waals surface area (Å²) in [5.41, 5.74) is 8.25. The van der Waals surface area contributed by atoms with Crippen LogP contribution >= 0.6 is 0 Å². The van der Waals surface area contributed by atoms with Crippen molar-refractivity contribution in [1.82, 2.24) is 10.2 Å². The lowest BCUT2D eigenvalue weighted by Gasteiger charge is -2.04. The Morgan fingerprint density at radius 2 is 2.16 bits per heavy atom. The van der Waals surface area contributed by atoms with Crippen LogP contribution in [0.4, 0.5) is 11.5 Å². The summed E-state index contributed by atoms with van der Waals surface area (Å²) in [5.74, 6) is 0.769. The van der Waals surface area contributed by atoms with Gasteiger partial charge in [0.1, 0.15) is 0 Å². The topological polar surface area (TPSA) is 83.8 Å². The molecule has 5 nitrogen and oxygen atoms in total. The average Bonchev–Trinajstić information content (AvgIpc) is 2.80. The van der Waals surface area contributed by atoms with Gasteiger partial charge in [-0.15, -0.1) is 0 Å². The van der Waals surface area contributed by atoms with Gasteiger partial charge in [0.05, 0.1) is 6.42 Å². The number of amides is 1. The second kappa shape index (κ2) is 5.56. The van der Waals surface area contributed by atoms with Crippen LogP contribution in [-0.2, 0) is 11.2 Å². The maximum atomic E-state index is 11.9. The molecule has 5 heteroatoms. The Labute approximate surface area is 112 Å². The Morgan fingerprint density at radius 1 is 1.42 bits per heavy atom. The fourth-order valence-corrected chi connectivity index (χ4v) is 1.75. The van der Waals surface area contributed by atoms with Crippen LogP contribution in [0.25, 0.3) is 0 Å². The number of rotatable bonds is 4. The first-order valence-electron chi connectivity index (χ1n) is 6.25. The smallest absolute Gasteiger partial charge is 0.230 e. The van der Waals surface area contributed by atoms with Crippen molar-refractivity contribution in [3.63, 3.8) is 0 Å². The normalized spacial score (nSPS) is 10.7. The predicted molar refractivity (Wildman–Crippen MR) is 75.9 cm³/mol. The minimum Gasteiger partial charge on any atom is -0.398 e. The molecule has 19 heavy (non-hydrogen) atoms. The van der Waals surface area contributed by atoms with E-state index in [4.69, 9.17) is 5.73 Å². The number of aromatic nitrogens is 2. The molecule has 0 aliphatic carbocycles. The summed E-state index contributed by atoms with van der Waals surface area (Å²) < 4.78 is 0. The van der Waals surface area contributed by atoms with Crippen molar-refractivity contribution in [2.24, 2.45) is 0 Å². The predicted octanol–water partition coefficient (Wildman–Crippen LogP) is 2.30. The van der Waals surface area contributed by atoms with E-state index < -0.39 is 0 Å². The number of nitrogen functional groups attached to an aromatic ring is 1. The van der Waals surface area contributed by atoms with Crippen LogP contribution in [0.1, 0.15) is 31.0 Å². The van der Waals surface area contributed by atoms with E-state index in [2.05, 4.69) is 29.4 Å². The van der Waals surface area contributed by atoms with Gasteiger partial charge in [-0.2, -0.15) is 5.10 Å².